The maximum atomic E-state index is 13.3. The monoisotopic (exact) mass is 564 g/mol. The first kappa shape index (κ1) is 27.9. The van der Waals surface area contributed by atoms with Gasteiger partial charge in [-0.25, -0.2) is 15.0 Å². The molecule has 0 spiro atoms. The van der Waals surface area contributed by atoms with Crippen LogP contribution in [0.15, 0.2) is 95.0 Å². The number of amides is 1. The molecule has 5 rings (SSSR count). The van der Waals surface area contributed by atoms with Crippen LogP contribution in [0.1, 0.15) is 35.8 Å². The van der Waals surface area contributed by atoms with Crippen LogP contribution in [0.4, 0.5) is 22.9 Å². The number of hydrogen-bond acceptors (Lipinski definition) is 8. The van der Waals surface area contributed by atoms with E-state index in [2.05, 4.69) is 34.4 Å². The molecule has 0 aliphatic rings. The van der Waals surface area contributed by atoms with E-state index < -0.39 is 0 Å². The second-order valence-electron chi connectivity index (χ2n) is 10.00. The molecule has 0 saturated carbocycles. The van der Waals surface area contributed by atoms with Crippen LogP contribution in [0, 0.1) is 0 Å². The van der Waals surface area contributed by atoms with Crippen molar-refractivity contribution in [2.24, 2.45) is 0 Å². The lowest BCUT2D eigenvalue weighted by atomic mass is 10.1. The Labute approximate surface area is 244 Å². The molecule has 208 valence electrons. The lowest BCUT2D eigenvalue weighted by Crippen LogP contribution is -2.14. The van der Waals surface area contributed by atoms with Crippen LogP contribution in [0.25, 0.3) is 11.0 Å². The van der Waals surface area contributed by atoms with Crippen LogP contribution in [0.5, 0.6) is 5.75 Å². The number of nitrogens with one attached hydrogen (secondary N) is 2. The topological polar surface area (TPSA) is 92.3 Å². The predicted molar refractivity (Wildman–Crippen MR) is 167 cm³/mol. The van der Waals surface area contributed by atoms with Crippen molar-refractivity contribution in [1.29, 1.82) is 0 Å². The van der Waals surface area contributed by atoms with Gasteiger partial charge in [-0.05, 0) is 78.7 Å². The second-order valence-corrected chi connectivity index (χ2v) is 11.1. The number of carbonyl (C=O) groups is 1. The minimum atomic E-state index is -0.208. The number of nitrogens with zero attached hydrogens (tertiary/aromatic N) is 4. The second kappa shape index (κ2) is 12.3. The Hall–Kier alpha value is -4.63. The van der Waals surface area contributed by atoms with Crippen molar-refractivity contribution < 1.29 is 9.53 Å². The summed E-state index contributed by atoms with van der Waals surface area (Å²) in [6.45, 7) is 4.20. The third-order valence-electron chi connectivity index (χ3n) is 6.51. The lowest BCUT2D eigenvalue weighted by Gasteiger charge is -2.16. The fourth-order valence-electron chi connectivity index (χ4n) is 4.20. The van der Waals surface area contributed by atoms with E-state index in [9.17, 15) is 4.79 Å². The number of anilines is 4. The van der Waals surface area contributed by atoms with Crippen molar-refractivity contribution in [1.82, 2.24) is 15.0 Å². The summed E-state index contributed by atoms with van der Waals surface area (Å²) in [6.07, 6.45) is 1.51. The first-order valence-corrected chi connectivity index (χ1v) is 14.1. The third kappa shape index (κ3) is 6.58. The van der Waals surface area contributed by atoms with Crippen molar-refractivity contribution in [3.8, 4) is 5.75 Å². The molecular weight excluding hydrogens is 532 g/mol. The fraction of sp³-hybridized carbons (Fsp3) is 0.188. The molecule has 0 aliphatic heterocycles. The van der Waals surface area contributed by atoms with Crippen molar-refractivity contribution in [2.45, 2.75) is 29.6 Å². The van der Waals surface area contributed by atoms with E-state index in [4.69, 9.17) is 9.72 Å². The zero-order valence-electron chi connectivity index (χ0n) is 23.7. The molecular formula is C32H32N6O2S. The highest BCUT2D eigenvalue weighted by atomic mass is 32.2. The molecule has 0 atom stereocenters. The Bertz CT molecular complexity index is 1690. The van der Waals surface area contributed by atoms with E-state index >= 15 is 0 Å². The van der Waals surface area contributed by atoms with E-state index in [-0.39, 0.29) is 11.8 Å². The van der Waals surface area contributed by atoms with Gasteiger partial charge in [-0.1, -0.05) is 31.7 Å². The maximum Gasteiger partial charge on any atom is 0.255 e. The molecule has 0 radical (unpaired) electrons. The number of fused-ring (bicyclic) bond motifs is 1. The largest absolute Gasteiger partial charge is 0.497 e. The molecule has 9 heteroatoms. The highest BCUT2D eigenvalue weighted by Gasteiger charge is 2.15. The molecule has 2 heterocycles. The molecule has 8 nitrogen and oxygen atoms in total. The van der Waals surface area contributed by atoms with Gasteiger partial charge < -0.3 is 20.3 Å². The summed E-state index contributed by atoms with van der Waals surface area (Å²) >= 11 is 1.58. The van der Waals surface area contributed by atoms with Crippen molar-refractivity contribution in [3.63, 3.8) is 0 Å². The van der Waals surface area contributed by atoms with Gasteiger partial charge in [0, 0.05) is 46.5 Å². The van der Waals surface area contributed by atoms with Crippen molar-refractivity contribution in [3.05, 3.63) is 96.4 Å². The number of ether oxygens (including phenoxy) is 1. The van der Waals surface area contributed by atoms with Crippen LogP contribution in [0.3, 0.4) is 0 Å². The van der Waals surface area contributed by atoms with Crippen LogP contribution in [-0.2, 0) is 0 Å². The minimum Gasteiger partial charge on any atom is -0.497 e. The first-order valence-electron chi connectivity index (χ1n) is 13.2. The van der Waals surface area contributed by atoms with Crippen LogP contribution in [-0.4, -0.2) is 42.1 Å². The molecule has 0 bridgehead atoms. The standard InChI is InChI=1S/C32H32N6O2S/c1-20(2)27-15-14-26-30(36-27)33-19-34-31(26)37-28-17-21(32(39)35-22-7-6-8-23(18-22)38(3)4)9-16-29(28)41-25-12-10-24(40-5)11-13-25/h6-20H,1-5H3,(H,35,39)(H,33,34,36,37). The quantitative estimate of drug-likeness (QED) is 0.192. The summed E-state index contributed by atoms with van der Waals surface area (Å²) in [4.78, 5) is 30.9. The van der Waals surface area contributed by atoms with Gasteiger partial charge >= 0.3 is 0 Å². The van der Waals surface area contributed by atoms with Crippen LogP contribution in [0.2, 0.25) is 0 Å². The number of methoxy groups -OCH3 is 1. The van der Waals surface area contributed by atoms with Gasteiger partial charge in [0.15, 0.2) is 5.65 Å². The van der Waals surface area contributed by atoms with Crippen LogP contribution < -0.4 is 20.3 Å². The Morgan fingerprint density at radius 1 is 0.951 bits per heavy atom. The summed E-state index contributed by atoms with van der Waals surface area (Å²) in [7, 11) is 5.58. The van der Waals surface area contributed by atoms with Gasteiger partial charge in [0.2, 0.25) is 0 Å². The smallest absolute Gasteiger partial charge is 0.255 e. The Morgan fingerprint density at radius 3 is 2.49 bits per heavy atom. The van der Waals surface area contributed by atoms with E-state index in [1.807, 2.05) is 97.9 Å². The van der Waals surface area contributed by atoms with Crippen molar-refractivity contribution >= 4 is 51.6 Å². The average molecular weight is 565 g/mol. The highest BCUT2D eigenvalue weighted by Crippen LogP contribution is 2.37. The molecule has 1 amide bonds. The zero-order valence-corrected chi connectivity index (χ0v) is 24.5. The van der Waals surface area contributed by atoms with E-state index in [1.54, 1.807) is 18.9 Å². The number of hydrogen-bond donors (Lipinski definition) is 2. The lowest BCUT2D eigenvalue weighted by molar-refractivity contribution is 0.102. The van der Waals surface area contributed by atoms with Gasteiger partial charge in [-0.15, -0.1) is 0 Å². The van der Waals surface area contributed by atoms with Gasteiger partial charge in [0.25, 0.3) is 5.91 Å². The maximum absolute atomic E-state index is 13.3. The Kier molecular flexibility index (Phi) is 8.35. The molecule has 2 N–H and O–H groups in total. The molecule has 0 aliphatic carbocycles. The Morgan fingerprint density at radius 2 is 1.76 bits per heavy atom. The number of carbonyl (C=O) groups excluding carboxylic acids is 1. The Balaban J connectivity index is 1.50. The number of aromatic nitrogens is 3. The number of pyridine rings is 1. The third-order valence-corrected chi connectivity index (χ3v) is 7.60. The van der Waals surface area contributed by atoms with E-state index in [1.165, 1.54) is 6.33 Å². The van der Waals surface area contributed by atoms with Crippen LogP contribution >= 0.6 is 11.8 Å². The van der Waals surface area contributed by atoms with E-state index in [0.29, 0.717) is 17.0 Å². The fourth-order valence-corrected chi connectivity index (χ4v) is 5.08. The summed E-state index contributed by atoms with van der Waals surface area (Å²) in [6, 6.07) is 25.2. The van der Waals surface area contributed by atoms with Gasteiger partial charge in [-0.2, -0.15) is 0 Å². The molecule has 0 unspecified atom stereocenters. The van der Waals surface area contributed by atoms with Gasteiger partial charge in [0.05, 0.1) is 18.2 Å². The highest BCUT2D eigenvalue weighted by molar-refractivity contribution is 7.99. The molecule has 0 saturated heterocycles. The SMILES string of the molecule is COc1ccc(Sc2ccc(C(=O)Nc3cccc(N(C)C)c3)cc2Nc2ncnc3nc(C(C)C)ccc23)cc1. The average Bonchev–Trinajstić information content (AvgIpc) is 2.98. The van der Waals surface area contributed by atoms with E-state index in [0.717, 1.165) is 43.7 Å². The summed E-state index contributed by atoms with van der Waals surface area (Å²) in [5, 5.41) is 7.29. The summed E-state index contributed by atoms with van der Waals surface area (Å²) < 4.78 is 5.31. The molecule has 41 heavy (non-hydrogen) atoms. The molecule has 3 aromatic carbocycles. The minimum absolute atomic E-state index is 0.208. The predicted octanol–water partition coefficient (Wildman–Crippen LogP) is 7.37. The number of benzene rings is 3. The van der Waals surface area contributed by atoms with Crippen molar-refractivity contribution in [2.75, 3.05) is 36.7 Å². The van der Waals surface area contributed by atoms with Gasteiger partial charge in [0.1, 0.15) is 17.9 Å². The number of rotatable bonds is 9. The molecule has 5 aromatic rings. The zero-order chi connectivity index (χ0) is 28.9. The molecule has 0 fully saturated rings. The first-order chi connectivity index (χ1) is 19.8. The summed E-state index contributed by atoms with van der Waals surface area (Å²) in [5.41, 5.74) is 4.57. The molecule has 2 aromatic heterocycles. The van der Waals surface area contributed by atoms with Gasteiger partial charge in [-0.3, -0.25) is 4.79 Å². The summed E-state index contributed by atoms with van der Waals surface area (Å²) in [5.74, 6) is 1.48. The normalized spacial score (nSPS) is 11.0.